The molecule has 0 bridgehead atoms. The van der Waals surface area contributed by atoms with Gasteiger partial charge in [0.2, 0.25) is 0 Å². The SMILES string of the molecule is CCCCCCCC1(NC2CCCCC2)CCCCC1. The molecule has 20 heavy (non-hydrogen) atoms. The highest BCUT2D eigenvalue weighted by Gasteiger charge is 2.33. The maximum atomic E-state index is 4.16. The van der Waals surface area contributed by atoms with Crippen LogP contribution in [0.2, 0.25) is 0 Å². The van der Waals surface area contributed by atoms with Crippen LogP contribution in [0.1, 0.15) is 110 Å². The van der Waals surface area contributed by atoms with E-state index in [0.717, 1.165) is 6.04 Å². The van der Waals surface area contributed by atoms with Crippen LogP contribution in [-0.2, 0) is 0 Å². The molecule has 0 atom stereocenters. The van der Waals surface area contributed by atoms with Gasteiger partial charge in [-0.05, 0) is 32.1 Å². The van der Waals surface area contributed by atoms with Gasteiger partial charge in [-0.25, -0.2) is 0 Å². The fraction of sp³-hybridized carbons (Fsp3) is 1.00. The zero-order valence-electron chi connectivity index (χ0n) is 13.9. The topological polar surface area (TPSA) is 12.0 Å². The Hall–Kier alpha value is -0.0400. The number of rotatable bonds is 8. The highest BCUT2D eigenvalue weighted by molar-refractivity contribution is 4.93. The zero-order valence-corrected chi connectivity index (χ0v) is 13.9. The summed E-state index contributed by atoms with van der Waals surface area (Å²) in [5.74, 6) is 0. The van der Waals surface area contributed by atoms with E-state index >= 15 is 0 Å². The van der Waals surface area contributed by atoms with Gasteiger partial charge in [-0.3, -0.25) is 0 Å². The van der Waals surface area contributed by atoms with Gasteiger partial charge in [-0.15, -0.1) is 0 Å². The Morgan fingerprint density at radius 3 is 2.15 bits per heavy atom. The molecule has 118 valence electrons. The van der Waals surface area contributed by atoms with Crippen LogP contribution in [0.5, 0.6) is 0 Å². The van der Waals surface area contributed by atoms with E-state index in [1.807, 2.05) is 0 Å². The van der Waals surface area contributed by atoms with Crippen LogP contribution in [0.25, 0.3) is 0 Å². The second-order valence-corrected chi connectivity index (χ2v) is 7.48. The van der Waals surface area contributed by atoms with E-state index in [1.54, 1.807) is 0 Å². The Balaban J connectivity index is 1.77. The molecule has 0 spiro atoms. The normalized spacial score (nSPS) is 23.9. The molecule has 0 aromatic carbocycles. The monoisotopic (exact) mass is 279 g/mol. The lowest BCUT2D eigenvalue weighted by Gasteiger charge is -2.42. The average molecular weight is 280 g/mol. The van der Waals surface area contributed by atoms with Crippen molar-refractivity contribution in [2.45, 2.75) is 121 Å². The molecule has 2 saturated carbocycles. The van der Waals surface area contributed by atoms with Gasteiger partial charge in [0.05, 0.1) is 0 Å². The minimum atomic E-state index is 0.534. The van der Waals surface area contributed by atoms with E-state index in [9.17, 15) is 0 Å². The molecule has 2 rings (SSSR count). The molecule has 0 heterocycles. The van der Waals surface area contributed by atoms with Gasteiger partial charge >= 0.3 is 0 Å². The van der Waals surface area contributed by atoms with Crippen LogP contribution in [0, 0.1) is 0 Å². The summed E-state index contributed by atoms with van der Waals surface area (Å²) in [6.07, 6.45) is 23.2. The van der Waals surface area contributed by atoms with E-state index in [1.165, 1.54) is 103 Å². The first-order valence-electron chi connectivity index (χ1n) is 9.62. The second kappa shape index (κ2) is 9.07. The molecule has 2 aliphatic carbocycles. The predicted octanol–water partition coefficient (Wildman–Crippen LogP) is 5.97. The fourth-order valence-corrected chi connectivity index (χ4v) is 4.44. The second-order valence-electron chi connectivity index (χ2n) is 7.48. The molecule has 0 aromatic heterocycles. The Morgan fingerprint density at radius 2 is 1.45 bits per heavy atom. The molecular weight excluding hydrogens is 242 g/mol. The van der Waals surface area contributed by atoms with Crippen molar-refractivity contribution in [1.82, 2.24) is 5.32 Å². The molecule has 0 aromatic rings. The molecule has 0 radical (unpaired) electrons. The van der Waals surface area contributed by atoms with Gasteiger partial charge < -0.3 is 5.32 Å². The van der Waals surface area contributed by atoms with Crippen LogP contribution in [0.15, 0.2) is 0 Å². The summed E-state index contributed by atoms with van der Waals surface area (Å²) in [5.41, 5.74) is 0.534. The molecule has 2 aliphatic rings. The van der Waals surface area contributed by atoms with Crippen molar-refractivity contribution in [1.29, 1.82) is 0 Å². The summed E-state index contributed by atoms with van der Waals surface area (Å²) in [6, 6.07) is 0.845. The third-order valence-electron chi connectivity index (χ3n) is 5.69. The van der Waals surface area contributed by atoms with Gasteiger partial charge in [0, 0.05) is 11.6 Å². The third-order valence-corrected chi connectivity index (χ3v) is 5.69. The van der Waals surface area contributed by atoms with Crippen molar-refractivity contribution < 1.29 is 0 Å². The lowest BCUT2D eigenvalue weighted by atomic mass is 9.76. The first kappa shape index (κ1) is 16.3. The lowest BCUT2D eigenvalue weighted by Crippen LogP contribution is -2.52. The molecule has 0 unspecified atom stereocenters. The molecular formula is C19H37N. The van der Waals surface area contributed by atoms with Crippen molar-refractivity contribution in [2.75, 3.05) is 0 Å². The summed E-state index contributed by atoms with van der Waals surface area (Å²) in [6.45, 7) is 2.31. The Morgan fingerprint density at radius 1 is 0.800 bits per heavy atom. The van der Waals surface area contributed by atoms with Gasteiger partial charge in [0.15, 0.2) is 0 Å². The van der Waals surface area contributed by atoms with Crippen molar-refractivity contribution in [3.63, 3.8) is 0 Å². The van der Waals surface area contributed by atoms with Crippen molar-refractivity contribution >= 4 is 0 Å². The number of nitrogens with one attached hydrogen (secondary N) is 1. The minimum absolute atomic E-state index is 0.534. The molecule has 1 N–H and O–H groups in total. The first-order valence-corrected chi connectivity index (χ1v) is 9.62. The molecule has 0 amide bonds. The highest BCUT2D eigenvalue weighted by atomic mass is 15.0. The summed E-state index contributed by atoms with van der Waals surface area (Å²) in [4.78, 5) is 0. The van der Waals surface area contributed by atoms with Gasteiger partial charge in [-0.1, -0.05) is 77.6 Å². The van der Waals surface area contributed by atoms with Crippen molar-refractivity contribution in [2.24, 2.45) is 0 Å². The maximum absolute atomic E-state index is 4.16. The van der Waals surface area contributed by atoms with E-state index in [2.05, 4.69) is 12.2 Å². The summed E-state index contributed by atoms with van der Waals surface area (Å²) in [5, 5.41) is 4.16. The van der Waals surface area contributed by atoms with Crippen LogP contribution >= 0.6 is 0 Å². The summed E-state index contributed by atoms with van der Waals surface area (Å²) in [7, 11) is 0. The zero-order chi connectivity index (χ0) is 14.1. The molecule has 0 aliphatic heterocycles. The van der Waals surface area contributed by atoms with Crippen LogP contribution in [0.3, 0.4) is 0 Å². The largest absolute Gasteiger partial charge is 0.308 e. The Labute approximate surface area is 127 Å². The smallest absolute Gasteiger partial charge is 0.0184 e. The number of hydrogen-bond donors (Lipinski definition) is 1. The third kappa shape index (κ3) is 5.39. The van der Waals surface area contributed by atoms with E-state index in [4.69, 9.17) is 0 Å². The maximum Gasteiger partial charge on any atom is 0.0184 e. The minimum Gasteiger partial charge on any atom is -0.308 e. The van der Waals surface area contributed by atoms with Gasteiger partial charge in [0.25, 0.3) is 0 Å². The molecule has 1 heteroatoms. The highest BCUT2D eigenvalue weighted by Crippen LogP contribution is 2.34. The predicted molar refractivity (Wildman–Crippen MR) is 89.2 cm³/mol. The van der Waals surface area contributed by atoms with Gasteiger partial charge in [0.1, 0.15) is 0 Å². The summed E-state index contributed by atoms with van der Waals surface area (Å²) >= 11 is 0. The molecule has 1 nitrogen and oxygen atoms in total. The Kier molecular flexibility index (Phi) is 7.41. The summed E-state index contributed by atoms with van der Waals surface area (Å²) < 4.78 is 0. The van der Waals surface area contributed by atoms with E-state index in [0.29, 0.717) is 5.54 Å². The molecule has 0 saturated heterocycles. The van der Waals surface area contributed by atoms with E-state index < -0.39 is 0 Å². The van der Waals surface area contributed by atoms with E-state index in [-0.39, 0.29) is 0 Å². The lowest BCUT2D eigenvalue weighted by molar-refractivity contribution is 0.170. The van der Waals surface area contributed by atoms with Gasteiger partial charge in [-0.2, -0.15) is 0 Å². The quantitative estimate of drug-likeness (QED) is 0.539. The standard InChI is InChI=1S/C19H37N/c1-2-3-4-5-10-15-19(16-11-7-12-17-19)20-18-13-8-6-9-14-18/h18,20H,2-17H2,1H3. The first-order chi connectivity index (χ1) is 9.85. The van der Waals surface area contributed by atoms with Crippen LogP contribution in [0.4, 0.5) is 0 Å². The Bertz CT molecular complexity index is 236. The molecule has 2 fully saturated rings. The fourth-order valence-electron chi connectivity index (χ4n) is 4.44. The van der Waals surface area contributed by atoms with Crippen LogP contribution < -0.4 is 5.32 Å². The van der Waals surface area contributed by atoms with Crippen LogP contribution in [-0.4, -0.2) is 11.6 Å². The van der Waals surface area contributed by atoms with Crippen molar-refractivity contribution in [3.8, 4) is 0 Å². The average Bonchev–Trinajstić information content (AvgIpc) is 2.49. The number of hydrogen-bond acceptors (Lipinski definition) is 1. The number of unbranched alkanes of at least 4 members (excludes halogenated alkanes) is 4. The van der Waals surface area contributed by atoms with Crippen molar-refractivity contribution in [3.05, 3.63) is 0 Å².